The Hall–Kier alpha value is -1.62. The quantitative estimate of drug-likeness (QED) is 0.812. The molecule has 5 heteroatoms. The molecule has 0 atom stereocenters. The summed E-state index contributed by atoms with van der Waals surface area (Å²) in [7, 11) is 0. The fraction of sp³-hybridized carbons (Fsp3) is 0.333. The fourth-order valence-electron chi connectivity index (χ4n) is 1.55. The van der Waals surface area contributed by atoms with Gasteiger partial charge < -0.3 is 10.0 Å². The number of thiophene rings is 1. The van der Waals surface area contributed by atoms with E-state index in [0.717, 1.165) is 17.7 Å². The van der Waals surface area contributed by atoms with Gasteiger partial charge in [0.1, 0.15) is 6.54 Å². The number of hydrogen-bond acceptors (Lipinski definition) is 3. The summed E-state index contributed by atoms with van der Waals surface area (Å²) in [5, 5.41) is 10.7. The number of nitrogens with zero attached hydrogens (tertiary/aromatic N) is 1. The van der Waals surface area contributed by atoms with Crippen LogP contribution in [0.15, 0.2) is 23.6 Å². The van der Waals surface area contributed by atoms with Crippen molar-refractivity contribution in [3.05, 3.63) is 28.5 Å². The van der Waals surface area contributed by atoms with Crippen molar-refractivity contribution in [1.29, 1.82) is 0 Å². The lowest BCUT2D eigenvalue weighted by molar-refractivity contribution is -0.143. The smallest absolute Gasteiger partial charge is 0.323 e. The van der Waals surface area contributed by atoms with Gasteiger partial charge >= 0.3 is 5.97 Å². The maximum absolute atomic E-state index is 11.8. The van der Waals surface area contributed by atoms with Crippen LogP contribution in [0.3, 0.4) is 0 Å². The zero-order valence-electron chi connectivity index (χ0n) is 9.20. The molecule has 1 fully saturated rings. The first-order valence-corrected chi connectivity index (χ1v) is 6.29. The highest BCUT2D eigenvalue weighted by Crippen LogP contribution is 2.27. The second kappa shape index (κ2) is 5.14. The van der Waals surface area contributed by atoms with Crippen LogP contribution in [0.5, 0.6) is 0 Å². The van der Waals surface area contributed by atoms with Gasteiger partial charge in [0.2, 0.25) is 5.91 Å². The Kier molecular flexibility index (Phi) is 3.58. The predicted octanol–water partition coefficient (Wildman–Crippen LogP) is 1.84. The number of carbonyl (C=O) groups excluding carboxylic acids is 1. The third-order valence-corrected chi connectivity index (χ3v) is 3.35. The van der Waals surface area contributed by atoms with Crippen molar-refractivity contribution in [2.24, 2.45) is 0 Å². The molecule has 90 valence electrons. The largest absolute Gasteiger partial charge is 0.480 e. The normalized spacial score (nSPS) is 15.1. The van der Waals surface area contributed by atoms with Crippen molar-refractivity contribution in [3.8, 4) is 0 Å². The van der Waals surface area contributed by atoms with Gasteiger partial charge in [-0.15, -0.1) is 11.3 Å². The Morgan fingerprint density at radius 1 is 1.53 bits per heavy atom. The molecule has 1 heterocycles. The van der Waals surface area contributed by atoms with Gasteiger partial charge in [-0.2, -0.15) is 0 Å². The number of carboxylic acids is 1. The zero-order valence-corrected chi connectivity index (χ0v) is 10.0. The number of carboxylic acid groups (broad SMARTS) is 1. The Morgan fingerprint density at radius 3 is 2.82 bits per heavy atom. The van der Waals surface area contributed by atoms with Crippen molar-refractivity contribution in [2.45, 2.75) is 18.9 Å². The lowest BCUT2D eigenvalue weighted by Gasteiger charge is -2.17. The first-order chi connectivity index (χ1) is 8.16. The van der Waals surface area contributed by atoms with E-state index in [9.17, 15) is 9.59 Å². The van der Waals surface area contributed by atoms with Gasteiger partial charge in [-0.05, 0) is 30.4 Å². The lowest BCUT2D eigenvalue weighted by Crippen LogP contribution is -2.36. The highest BCUT2D eigenvalue weighted by atomic mass is 32.1. The van der Waals surface area contributed by atoms with E-state index in [1.54, 1.807) is 17.4 Å². The molecule has 1 aromatic heterocycles. The molecule has 1 aromatic rings. The number of aliphatic carboxylic acids is 1. The van der Waals surface area contributed by atoms with E-state index >= 15 is 0 Å². The van der Waals surface area contributed by atoms with Crippen LogP contribution in [0.4, 0.5) is 0 Å². The van der Waals surface area contributed by atoms with Gasteiger partial charge in [0.05, 0.1) is 0 Å². The van der Waals surface area contributed by atoms with Gasteiger partial charge in [0.25, 0.3) is 0 Å². The van der Waals surface area contributed by atoms with Crippen molar-refractivity contribution in [1.82, 2.24) is 4.90 Å². The maximum Gasteiger partial charge on any atom is 0.323 e. The third-order valence-electron chi connectivity index (χ3n) is 2.51. The summed E-state index contributed by atoms with van der Waals surface area (Å²) >= 11 is 1.54. The molecule has 0 spiro atoms. The van der Waals surface area contributed by atoms with Gasteiger partial charge in [-0.3, -0.25) is 9.59 Å². The zero-order chi connectivity index (χ0) is 12.3. The number of carbonyl (C=O) groups is 2. The average Bonchev–Trinajstić information content (AvgIpc) is 2.99. The fourth-order valence-corrected chi connectivity index (χ4v) is 2.17. The summed E-state index contributed by atoms with van der Waals surface area (Å²) in [4.78, 5) is 24.9. The molecular weight excluding hydrogens is 238 g/mol. The van der Waals surface area contributed by atoms with E-state index in [0.29, 0.717) is 0 Å². The molecule has 4 nitrogen and oxygen atoms in total. The molecule has 1 amide bonds. The van der Waals surface area contributed by atoms with E-state index in [1.165, 1.54) is 11.0 Å². The van der Waals surface area contributed by atoms with E-state index in [1.807, 2.05) is 17.5 Å². The predicted molar refractivity (Wildman–Crippen MR) is 65.7 cm³/mol. The highest BCUT2D eigenvalue weighted by Gasteiger charge is 2.32. The van der Waals surface area contributed by atoms with Crippen molar-refractivity contribution >= 4 is 29.3 Å². The van der Waals surface area contributed by atoms with Gasteiger partial charge in [-0.25, -0.2) is 0 Å². The van der Waals surface area contributed by atoms with Crippen molar-refractivity contribution in [2.75, 3.05) is 6.54 Å². The summed E-state index contributed by atoms with van der Waals surface area (Å²) < 4.78 is 0. The highest BCUT2D eigenvalue weighted by molar-refractivity contribution is 7.10. The minimum atomic E-state index is -0.963. The molecule has 0 aromatic carbocycles. The topological polar surface area (TPSA) is 57.6 Å². The van der Waals surface area contributed by atoms with Crippen molar-refractivity contribution in [3.63, 3.8) is 0 Å². The standard InChI is InChI=1S/C12H13NO3S/c14-11(6-5-10-2-1-7-17-10)13(8-12(15)16)9-3-4-9/h1-2,5-7,9H,3-4,8H2,(H,15,16). The second-order valence-electron chi connectivity index (χ2n) is 3.94. The van der Waals surface area contributed by atoms with Crippen LogP contribution in [0, 0.1) is 0 Å². The van der Waals surface area contributed by atoms with E-state index in [4.69, 9.17) is 5.11 Å². The number of hydrogen-bond donors (Lipinski definition) is 1. The second-order valence-corrected chi connectivity index (χ2v) is 4.92. The molecule has 17 heavy (non-hydrogen) atoms. The molecule has 2 rings (SSSR count). The van der Waals surface area contributed by atoms with E-state index in [2.05, 4.69) is 0 Å². The van der Waals surface area contributed by atoms with E-state index in [-0.39, 0.29) is 18.5 Å². The van der Waals surface area contributed by atoms with Gasteiger partial charge in [0.15, 0.2) is 0 Å². The van der Waals surface area contributed by atoms with Gasteiger partial charge in [-0.1, -0.05) is 6.07 Å². The van der Waals surface area contributed by atoms with Crippen LogP contribution >= 0.6 is 11.3 Å². The molecular formula is C12H13NO3S. The Balaban J connectivity index is 1.99. The molecule has 1 saturated carbocycles. The molecule has 1 aliphatic rings. The van der Waals surface area contributed by atoms with Crippen LogP contribution in [0.1, 0.15) is 17.7 Å². The van der Waals surface area contributed by atoms with Gasteiger partial charge in [0, 0.05) is 17.0 Å². The number of rotatable bonds is 5. The summed E-state index contributed by atoms with van der Waals surface area (Å²) in [6.45, 7) is -0.210. The molecule has 0 saturated heterocycles. The molecule has 0 unspecified atom stereocenters. The Morgan fingerprint density at radius 2 is 2.29 bits per heavy atom. The molecule has 0 aliphatic heterocycles. The minimum Gasteiger partial charge on any atom is -0.480 e. The van der Waals surface area contributed by atoms with Crippen molar-refractivity contribution < 1.29 is 14.7 Å². The average molecular weight is 251 g/mol. The molecule has 1 aliphatic carbocycles. The summed E-state index contributed by atoms with van der Waals surface area (Å²) in [6, 6.07) is 3.93. The minimum absolute atomic E-state index is 0.117. The number of amides is 1. The molecule has 1 N–H and O–H groups in total. The van der Waals surface area contributed by atoms with Crippen LogP contribution in [0.25, 0.3) is 6.08 Å². The van der Waals surface area contributed by atoms with Crippen LogP contribution in [-0.4, -0.2) is 34.5 Å². The first-order valence-electron chi connectivity index (χ1n) is 5.41. The maximum atomic E-state index is 11.8. The van der Waals surface area contributed by atoms with E-state index < -0.39 is 5.97 Å². The summed E-state index contributed by atoms with van der Waals surface area (Å²) in [5.41, 5.74) is 0. The molecule has 0 radical (unpaired) electrons. The van der Waals surface area contributed by atoms with Crippen LogP contribution < -0.4 is 0 Å². The summed E-state index contributed by atoms with van der Waals surface area (Å²) in [6.07, 6.45) is 5.00. The lowest BCUT2D eigenvalue weighted by atomic mass is 10.3. The molecule has 0 bridgehead atoms. The monoisotopic (exact) mass is 251 g/mol. The van der Waals surface area contributed by atoms with Crippen LogP contribution in [-0.2, 0) is 9.59 Å². The van der Waals surface area contributed by atoms with Crippen LogP contribution in [0.2, 0.25) is 0 Å². The first kappa shape index (κ1) is 11.9. The summed E-state index contributed by atoms with van der Waals surface area (Å²) in [5.74, 6) is -1.18. The third kappa shape index (κ3) is 3.42. The Bertz CT molecular complexity index is 435. The SMILES string of the molecule is O=C(O)CN(C(=O)C=Cc1cccs1)C1CC1. The Labute approximate surface area is 103 Å².